The van der Waals surface area contributed by atoms with Gasteiger partial charge in [-0.25, -0.2) is 0 Å². The Morgan fingerprint density at radius 2 is 2.10 bits per heavy atom. The number of hydrogen-bond acceptors (Lipinski definition) is 2. The Hall–Kier alpha value is -2.86. The summed E-state index contributed by atoms with van der Waals surface area (Å²) in [7, 11) is 0. The maximum absolute atomic E-state index is 14.0. The van der Waals surface area contributed by atoms with Gasteiger partial charge in [0.25, 0.3) is 5.91 Å². The SMILES string of the molecule is C=CCN1C(=O)C2(c3cc(Br)ccc31)c1[nH]c3ccccc3c1CCN2C(C)=O. The molecule has 2 aliphatic heterocycles. The lowest BCUT2D eigenvalue weighted by atomic mass is 9.80. The van der Waals surface area contributed by atoms with Crippen LogP contribution >= 0.6 is 15.9 Å². The summed E-state index contributed by atoms with van der Waals surface area (Å²) in [4.78, 5) is 33.8. The number of H-pyrrole nitrogens is 1. The van der Waals surface area contributed by atoms with Crippen LogP contribution in [0.25, 0.3) is 10.9 Å². The van der Waals surface area contributed by atoms with E-state index in [-0.39, 0.29) is 11.8 Å². The fourth-order valence-corrected chi connectivity index (χ4v) is 5.32. The van der Waals surface area contributed by atoms with Gasteiger partial charge < -0.3 is 14.8 Å². The van der Waals surface area contributed by atoms with E-state index in [4.69, 9.17) is 0 Å². The number of halogens is 1. The molecule has 1 aromatic heterocycles. The fraction of sp³-hybridized carbons (Fsp3) is 0.217. The number of anilines is 1. The van der Waals surface area contributed by atoms with E-state index in [0.717, 1.165) is 37.9 Å². The Morgan fingerprint density at radius 1 is 1.31 bits per heavy atom. The minimum absolute atomic E-state index is 0.117. The number of para-hydroxylation sites is 1. The summed E-state index contributed by atoms with van der Waals surface area (Å²) in [5, 5.41) is 1.11. The molecule has 5 rings (SSSR count). The second-order valence-electron chi connectivity index (χ2n) is 7.52. The molecule has 1 spiro atoms. The zero-order valence-corrected chi connectivity index (χ0v) is 17.6. The van der Waals surface area contributed by atoms with Gasteiger partial charge in [0.1, 0.15) is 0 Å². The van der Waals surface area contributed by atoms with Gasteiger partial charge in [0, 0.05) is 41.0 Å². The highest BCUT2D eigenvalue weighted by Crippen LogP contribution is 2.52. The van der Waals surface area contributed by atoms with E-state index < -0.39 is 5.54 Å². The van der Waals surface area contributed by atoms with Crippen LogP contribution in [-0.2, 0) is 21.5 Å². The van der Waals surface area contributed by atoms with Crippen LogP contribution in [0.15, 0.2) is 59.6 Å². The number of nitrogens with zero attached hydrogens (tertiary/aromatic N) is 2. The van der Waals surface area contributed by atoms with Crippen LogP contribution in [0.5, 0.6) is 0 Å². The van der Waals surface area contributed by atoms with E-state index in [1.165, 1.54) is 6.92 Å². The largest absolute Gasteiger partial charge is 0.355 e. The van der Waals surface area contributed by atoms with Crippen molar-refractivity contribution in [3.05, 3.63) is 76.4 Å². The van der Waals surface area contributed by atoms with Gasteiger partial charge in [-0.2, -0.15) is 0 Å². The second kappa shape index (κ2) is 6.32. The lowest BCUT2D eigenvalue weighted by Gasteiger charge is -2.43. The Labute approximate surface area is 177 Å². The van der Waals surface area contributed by atoms with Crippen LogP contribution in [-0.4, -0.2) is 34.8 Å². The molecule has 1 atom stereocenters. The molecule has 1 unspecified atom stereocenters. The standard InChI is InChI=1S/C23H20BrN3O2/c1-3-11-26-20-9-8-15(24)13-18(20)23(22(26)29)21-17(10-12-27(23)14(2)28)16-6-4-5-7-19(16)25-21/h3-9,13,25H,1,10-12H2,2H3. The molecule has 0 fully saturated rings. The highest BCUT2D eigenvalue weighted by molar-refractivity contribution is 9.10. The predicted molar refractivity (Wildman–Crippen MR) is 117 cm³/mol. The van der Waals surface area contributed by atoms with E-state index >= 15 is 0 Å². The first-order chi connectivity index (χ1) is 14.0. The second-order valence-corrected chi connectivity index (χ2v) is 8.44. The molecule has 5 nitrogen and oxygen atoms in total. The van der Waals surface area contributed by atoms with Gasteiger partial charge in [0.2, 0.25) is 5.91 Å². The van der Waals surface area contributed by atoms with Crippen LogP contribution < -0.4 is 4.90 Å². The summed E-state index contributed by atoms with van der Waals surface area (Å²) in [5.74, 6) is -0.234. The number of aromatic amines is 1. The first-order valence-electron chi connectivity index (χ1n) is 9.61. The van der Waals surface area contributed by atoms with Crippen molar-refractivity contribution in [2.45, 2.75) is 18.9 Å². The minimum atomic E-state index is -1.19. The highest BCUT2D eigenvalue weighted by Gasteiger charge is 2.60. The molecular formula is C23H20BrN3O2. The molecule has 6 heteroatoms. The lowest BCUT2D eigenvalue weighted by Crippen LogP contribution is -2.58. The monoisotopic (exact) mass is 449 g/mol. The molecule has 146 valence electrons. The number of nitrogens with one attached hydrogen (secondary N) is 1. The zero-order valence-electron chi connectivity index (χ0n) is 16.0. The number of rotatable bonds is 2. The van der Waals surface area contributed by atoms with Crippen molar-refractivity contribution in [3.63, 3.8) is 0 Å². The van der Waals surface area contributed by atoms with Crippen LogP contribution in [0.1, 0.15) is 23.7 Å². The number of aromatic nitrogens is 1. The number of carbonyl (C=O) groups excluding carboxylic acids is 2. The van der Waals surface area contributed by atoms with Crippen molar-refractivity contribution in [1.82, 2.24) is 9.88 Å². The van der Waals surface area contributed by atoms with E-state index in [1.54, 1.807) is 15.9 Å². The van der Waals surface area contributed by atoms with Crippen molar-refractivity contribution in [2.24, 2.45) is 0 Å². The van der Waals surface area contributed by atoms with Crippen molar-refractivity contribution in [3.8, 4) is 0 Å². The average Bonchev–Trinajstić information content (AvgIpc) is 3.19. The summed E-state index contributed by atoms with van der Waals surface area (Å²) >= 11 is 3.56. The number of hydrogen-bond donors (Lipinski definition) is 1. The van der Waals surface area contributed by atoms with Gasteiger partial charge >= 0.3 is 0 Å². The summed E-state index contributed by atoms with van der Waals surface area (Å²) < 4.78 is 0.871. The number of fused-ring (bicyclic) bond motifs is 6. The quantitative estimate of drug-likeness (QED) is 0.598. The molecule has 29 heavy (non-hydrogen) atoms. The normalized spacial score (nSPS) is 20.3. The highest BCUT2D eigenvalue weighted by atomic mass is 79.9. The smallest absolute Gasteiger partial charge is 0.264 e. The Balaban J connectivity index is 1.91. The van der Waals surface area contributed by atoms with Crippen molar-refractivity contribution < 1.29 is 9.59 Å². The summed E-state index contributed by atoms with van der Waals surface area (Å²) in [6.45, 7) is 6.24. The van der Waals surface area contributed by atoms with Crippen LogP contribution in [0.4, 0.5) is 5.69 Å². The van der Waals surface area contributed by atoms with Crippen molar-refractivity contribution in [1.29, 1.82) is 0 Å². The van der Waals surface area contributed by atoms with Gasteiger partial charge in [-0.3, -0.25) is 9.59 Å². The van der Waals surface area contributed by atoms with Gasteiger partial charge in [0.15, 0.2) is 5.54 Å². The molecule has 0 radical (unpaired) electrons. The first kappa shape index (κ1) is 18.2. The Morgan fingerprint density at radius 3 is 2.86 bits per heavy atom. The number of carbonyl (C=O) groups is 2. The van der Waals surface area contributed by atoms with Crippen molar-refractivity contribution >= 4 is 44.3 Å². The van der Waals surface area contributed by atoms with Crippen molar-refractivity contribution in [2.75, 3.05) is 18.0 Å². The number of amides is 2. The van der Waals surface area contributed by atoms with Gasteiger partial charge in [-0.1, -0.05) is 40.2 Å². The predicted octanol–water partition coefficient (Wildman–Crippen LogP) is 4.11. The molecule has 2 aliphatic rings. The summed E-state index contributed by atoms with van der Waals surface area (Å²) in [6.07, 6.45) is 2.43. The molecule has 0 bridgehead atoms. The molecule has 0 saturated heterocycles. The Kier molecular flexibility index (Phi) is 3.96. The third kappa shape index (κ3) is 2.26. The Bertz CT molecular complexity index is 1200. The van der Waals surface area contributed by atoms with Gasteiger partial charge in [0.05, 0.1) is 11.4 Å². The molecular weight excluding hydrogens is 430 g/mol. The topological polar surface area (TPSA) is 56.4 Å². The van der Waals surface area contributed by atoms with Crippen LogP contribution in [0.2, 0.25) is 0 Å². The van der Waals surface area contributed by atoms with Gasteiger partial charge in [-0.05, 0) is 36.2 Å². The summed E-state index contributed by atoms with van der Waals surface area (Å²) in [6, 6.07) is 13.9. The molecule has 3 aromatic rings. The molecule has 0 aliphatic carbocycles. The van der Waals surface area contributed by atoms with Crippen LogP contribution in [0.3, 0.4) is 0 Å². The fourth-order valence-electron chi connectivity index (χ4n) is 4.95. The molecule has 2 amide bonds. The third-order valence-corrected chi connectivity index (χ3v) is 6.54. The molecule has 0 saturated carbocycles. The molecule has 2 aromatic carbocycles. The van der Waals surface area contributed by atoms with E-state index in [2.05, 4.69) is 33.6 Å². The maximum atomic E-state index is 14.0. The maximum Gasteiger partial charge on any atom is 0.264 e. The average molecular weight is 450 g/mol. The zero-order chi connectivity index (χ0) is 20.3. The lowest BCUT2D eigenvalue weighted by molar-refractivity contribution is -0.143. The van der Waals surface area contributed by atoms with E-state index in [1.807, 2.05) is 36.4 Å². The first-order valence-corrected chi connectivity index (χ1v) is 10.4. The van der Waals surface area contributed by atoms with E-state index in [9.17, 15) is 9.59 Å². The third-order valence-electron chi connectivity index (χ3n) is 6.05. The molecule has 3 heterocycles. The molecule has 1 N–H and O–H groups in total. The minimum Gasteiger partial charge on any atom is -0.355 e. The van der Waals surface area contributed by atoms with Gasteiger partial charge in [-0.15, -0.1) is 6.58 Å². The van der Waals surface area contributed by atoms with E-state index in [0.29, 0.717) is 19.5 Å². The van der Waals surface area contributed by atoms with Crippen LogP contribution in [0, 0.1) is 0 Å². The summed E-state index contributed by atoms with van der Waals surface area (Å²) in [5.41, 5.74) is 3.33. The number of benzene rings is 2.